The Morgan fingerprint density at radius 2 is 0.534 bits per heavy atom. The molecule has 2 heteroatoms. The van der Waals surface area contributed by atoms with Gasteiger partial charge in [0, 0.05) is 23.2 Å². The highest BCUT2D eigenvalue weighted by Gasteiger charge is 2.15. The Kier molecular flexibility index (Phi) is 24.1. The Labute approximate surface area is 357 Å². The minimum Gasteiger partial charge on any atom is -0.399 e. The number of nitrogen functional groups attached to an aromatic ring is 2. The first-order chi connectivity index (χ1) is 28.6. The SMILES string of the molecule is CCCCCCC(c1ccc(N)cc1)c1ccc(CCCCCCCCCCCCCCCCCCc2ccc(C(CCCCCC)c3ccc(N)cc3)cc2)cc1. The standard InChI is InChI=1S/C56H84N2/c1-3-5-7-25-29-55(51-39-43-53(57)44-40-51)49-35-31-47(32-36-49)27-23-21-19-17-15-13-11-9-10-12-14-16-18-20-22-24-28-48-33-37-50(38-34-48)56(30-26-8-6-4-2)52-41-45-54(58)46-42-52/h31-46,55-56H,3-30,57-58H2,1-2H3. The van der Waals surface area contributed by atoms with E-state index in [1.54, 1.807) is 0 Å². The topological polar surface area (TPSA) is 52.0 Å². The fourth-order valence-electron chi connectivity index (χ4n) is 9.03. The first-order valence-electron chi connectivity index (χ1n) is 24.5. The van der Waals surface area contributed by atoms with Crippen molar-refractivity contribution in [3.63, 3.8) is 0 Å². The Morgan fingerprint density at radius 1 is 0.293 bits per heavy atom. The predicted octanol–water partition coefficient (Wildman–Crippen LogP) is 17.1. The van der Waals surface area contributed by atoms with E-state index in [1.807, 2.05) is 0 Å². The van der Waals surface area contributed by atoms with Gasteiger partial charge in [-0.15, -0.1) is 0 Å². The minimum atomic E-state index is 0.472. The Morgan fingerprint density at radius 3 is 0.810 bits per heavy atom. The molecule has 0 aromatic heterocycles. The number of aryl methyl sites for hydroxylation is 2. The first-order valence-corrected chi connectivity index (χ1v) is 24.5. The van der Waals surface area contributed by atoms with E-state index in [2.05, 4.69) is 111 Å². The fourth-order valence-corrected chi connectivity index (χ4v) is 9.03. The van der Waals surface area contributed by atoms with Crippen LogP contribution < -0.4 is 11.5 Å². The lowest BCUT2D eigenvalue weighted by atomic mass is 9.86. The van der Waals surface area contributed by atoms with Crippen molar-refractivity contribution in [1.29, 1.82) is 0 Å². The van der Waals surface area contributed by atoms with Gasteiger partial charge in [0.25, 0.3) is 0 Å². The second-order valence-corrected chi connectivity index (χ2v) is 17.8. The van der Waals surface area contributed by atoms with Crippen molar-refractivity contribution in [2.75, 3.05) is 11.5 Å². The molecule has 0 bridgehead atoms. The summed E-state index contributed by atoms with van der Waals surface area (Å²) in [6.45, 7) is 4.58. The van der Waals surface area contributed by atoms with Crippen molar-refractivity contribution in [1.82, 2.24) is 0 Å². The number of anilines is 2. The minimum absolute atomic E-state index is 0.472. The molecule has 2 unspecified atom stereocenters. The lowest BCUT2D eigenvalue weighted by Crippen LogP contribution is -2.02. The average molecular weight is 785 g/mol. The van der Waals surface area contributed by atoms with Crippen molar-refractivity contribution >= 4 is 11.4 Å². The molecule has 4 rings (SSSR count). The first kappa shape index (κ1) is 47.2. The van der Waals surface area contributed by atoms with Crippen molar-refractivity contribution in [3.8, 4) is 0 Å². The van der Waals surface area contributed by atoms with Crippen LogP contribution in [0.25, 0.3) is 0 Å². The Bertz CT molecular complexity index is 1430. The second kappa shape index (κ2) is 29.7. The van der Waals surface area contributed by atoms with E-state index in [-0.39, 0.29) is 0 Å². The summed E-state index contributed by atoms with van der Waals surface area (Å²) in [7, 11) is 0. The van der Waals surface area contributed by atoms with Gasteiger partial charge in [0.15, 0.2) is 0 Å². The van der Waals surface area contributed by atoms with E-state index in [9.17, 15) is 0 Å². The van der Waals surface area contributed by atoms with Gasteiger partial charge in [-0.25, -0.2) is 0 Å². The quantitative estimate of drug-likeness (QED) is 0.0373. The summed E-state index contributed by atoms with van der Waals surface area (Å²) in [5.41, 5.74) is 22.4. The second-order valence-electron chi connectivity index (χ2n) is 17.8. The molecule has 2 nitrogen and oxygen atoms in total. The van der Waals surface area contributed by atoms with Gasteiger partial charge in [0.1, 0.15) is 0 Å². The molecule has 0 fully saturated rings. The van der Waals surface area contributed by atoms with Gasteiger partial charge in [0.2, 0.25) is 0 Å². The molecule has 0 spiro atoms. The average Bonchev–Trinajstić information content (AvgIpc) is 3.25. The van der Waals surface area contributed by atoms with Crippen LogP contribution in [0.3, 0.4) is 0 Å². The molecule has 4 N–H and O–H groups in total. The number of hydrogen-bond donors (Lipinski definition) is 2. The largest absolute Gasteiger partial charge is 0.399 e. The molecule has 2 atom stereocenters. The summed E-state index contributed by atoms with van der Waals surface area (Å²) in [6.07, 6.45) is 37.8. The van der Waals surface area contributed by atoms with Crippen molar-refractivity contribution in [2.45, 2.75) is 205 Å². The number of benzene rings is 4. The van der Waals surface area contributed by atoms with Crippen LogP contribution in [-0.2, 0) is 12.8 Å². The maximum absolute atomic E-state index is 6.00. The van der Waals surface area contributed by atoms with E-state index >= 15 is 0 Å². The third-order valence-corrected chi connectivity index (χ3v) is 12.8. The predicted molar refractivity (Wildman–Crippen MR) is 257 cm³/mol. The molecule has 0 heterocycles. The Hall–Kier alpha value is -3.52. The summed E-state index contributed by atoms with van der Waals surface area (Å²) in [4.78, 5) is 0. The molecule has 0 aliphatic rings. The van der Waals surface area contributed by atoms with Crippen LogP contribution in [0.15, 0.2) is 97.1 Å². The number of hydrogen-bond acceptors (Lipinski definition) is 2. The van der Waals surface area contributed by atoms with E-state index in [1.165, 1.54) is 213 Å². The molecule has 0 radical (unpaired) electrons. The normalized spacial score (nSPS) is 12.5. The van der Waals surface area contributed by atoms with Gasteiger partial charge in [-0.1, -0.05) is 228 Å². The molecule has 0 amide bonds. The molecule has 0 saturated carbocycles. The lowest BCUT2D eigenvalue weighted by molar-refractivity contribution is 0.528. The molecule has 0 aliphatic heterocycles. The zero-order chi connectivity index (χ0) is 40.9. The molecular weight excluding hydrogens is 701 g/mol. The smallest absolute Gasteiger partial charge is 0.0314 e. The molecule has 0 saturated heterocycles. The van der Waals surface area contributed by atoms with Crippen LogP contribution in [0.2, 0.25) is 0 Å². The highest BCUT2D eigenvalue weighted by atomic mass is 14.5. The van der Waals surface area contributed by atoms with E-state index < -0.39 is 0 Å². The maximum atomic E-state index is 6.00. The van der Waals surface area contributed by atoms with Crippen molar-refractivity contribution in [2.24, 2.45) is 0 Å². The highest BCUT2D eigenvalue weighted by molar-refractivity contribution is 5.44. The van der Waals surface area contributed by atoms with Gasteiger partial charge in [0.05, 0.1) is 0 Å². The van der Waals surface area contributed by atoms with E-state index in [0.29, 0.717) is 11.8 Å². The summed E-state index contributed by atoms with van der Waals surface area (Å²) in [6, 6.07) is 36.3. The van der Waals surface area contributed by atoms with Gasteiger partial charge in [-0.05, 0) is 96.2 Å². The summed E-state index contributed by atoms with van der Waals surface area (Å²) < 4.78 is 0. The summed E-state index contributed by atoms with van der Waals surface area (Å²) >= 11 is 0. The van der Waals surface area contributed by atoms with Crippen LogP contribution in [0.5, 0.6) is 0 Å². The van der Waals surface area contributed by atoms with Crippen LogP contribution >= 0.6 is 0 Å². The summed E-state index contributed by atoms with van der Waals surface area (Å²) in [5.74, 6) is 0.943. The van der Waals surface area contributed by atoms with Crippen LogP contribution in [0.4, 0.5) is 11.4 Å². The van der Waals surface area contributed by atoms with E-state index in [0.717, 1.165) is 11.4 Å². The Balaban J connectivity index is 0.954. The summed E-state index contributed by atoms with van der Waals surface area (Å²) in [5, 5.41) is 0. The maximum Gasteiger partial charge on any atom is 0.0314 e. The monoisotopic (exact) mass is 785 g/mol. The molecule has 0 aliphatic carbocycles. The molecule has 4 aromatic carbocycles. The number of nitrogens with two attached hydrogens (primary N) is 2. The van der Waals surface area contributed by atoms with Gasteiger partial charge in [-0.2, -0.15) is 0 Å². The van der Waals surface area contributed by atoms with Gasteiger partial charge in [-0.3, -0.25) is 0 Å². The number of rotatable bonds is 33. The van der Waals surface area contributed by atoms with Crippen molar-refractivity contribution in [3.05, 3.63) is 130 Å². The van der Waals surface area contributed by atoms with Crippen molar-refractivity contribution < 1.29 is 0 Å². The third-order valence-electron chi connectivity index (χ3n) is 12.8. The van der Waals surface area contributed by atoms with Crippen LogP contribution in [0, 0.1) is 0 Å². The fraction of sp³-hybridized carbons (Fsp3) is 0.571. The van der Waals surface area contributed by atoms with Crippen LogP contribution in [-0.4, -0.2) is 0 Å². The van der Waals surface area contributed by atoms with Gasteiger partial charge < -0.3 is 11.5 Å². The van der Waals surface area contributed by atoms with Gasteiger partial charge >= 0.3 is 0 Å². The zero-order valence-corrected chi connectivity index (χ0v) is 37.3. The molecule has 4 aromatic rings. The van der Waals surface area contributed by atoms with E-state index in [4.69, 9.17) is 11.5 Å². The highest BCUT2D eigenvalue weighted by Crippen LogP contribution is 2.33. The zero-order valence-electron chi connectivity index (χ0n) is 37.3. The molecule has 58 heavy (non-hydrogen) atoms. The third kappa shape index (κ3) is 19.0. The molecular formula is C56H84N2. The molecule has 318 valence electrons. The van der Waals surface area contributed by atoms with Crippen LogP contribution in [0.1, 0.15) is 226 Å². The lowest BCUT2D eigenvalue weighted by Gasteiger charge is -2.19. The number of unbranched alkanes of at least 4 members (excludes halogenated alkanes) is 21.